The quantitative estimate of drug-likeness (QED) is 0.0243. The van der Waals surface area contributed by atoms with E-state index in [1.807, 2.05) is 13.8 Å². The highest BCUT2D eigenvalue weighted by Gasteiger charge is 2.46. The van der Waals surface area contributed by atoms with Crippen molar-refractivity contribution < 1.29 is 102 Å². The third-order valence-corrected chi connectivity index (χ3v) is 24.6. The molecule has 2 saturated heterocycles. The normalized spacial score (nSPS) is 24.7. The Morgan fingerprint density at radius 1 is 0.526 bits per heavy atom. The molecule has 133 heavy (non-hydrogen) atoms. The first kappa shape index (κ1) is 108. The van der Waals surface area contributed by atoms with Crippen LogP contribution in [0.4, 0.5) is 0 Å². The number of carbonyl (C=O) groups is 17. The van der Waals surface area contributed by atoms with Crippen molar-refractivity contribution in [3.8, 4) is 5.75 Å². The maximum atomic E-state index is 16.0. The number of phenolic OH excluding ortho intramolecular Hbond substituents is 1. The zero-order valence-corrected chi connectivity index (χ0v) is 78.3. The van der Waals surface area contributed by atoms with E-state index in [1.54, 1.807) is 88.6 Å². The summed E-state index contributed by atoms with van der Waals surface area (Å²) >= 11 is 0.782. The maximum absolute atomic E-state index is 16.0. The van der Waals surface area contributed by atoms with Gasteiger partial charge in [-0.1, -0.05) is 116 Å². The second kappa shape index (κ2) is 51.1. The maximum Gasteiger partial charge on any atom is 0.246 e. The van der Waals surface area contributed by atoms with Gasteiger partial charge in [0.1, 0.15) is 90.3 Å². The monoisotopic (exact) mass is 1880 g/mol. The minimum absolute atomic E-state index is 0.00683. The van der Waals surface area contributed by atoms with Crippen molar-refractivity contribution >= 4 is 134 Å². The number of phenols is 1. The van der Waals surface area contributed by atoms with Crippen molar-refractivity contribution in [1.29, 1.82) is 0 Å². The summed E-state index contributed by atoms with van der Waals surface area (Å²) in [5.41, 5.74) is 25.9. The van der Waals surface area contributed by atoms with E-state index in [0.29, 0.717) is 64.2 Å². The minimum atomic E-state index is -1.85. The number of aliphatic hydroxyl groups excluding tert-OH is 2. The van der Waals surface area contributed by atoms with Gasteiger partial charge in [0.2, 0.25) is 100 Å². The molecule has 0 saturated carbocycles. The predicted molar refractivity (Wildman–Crippen MR) is 493 cm³/mol. The number of aromatic amines is 1. The number of aromatic nitrogens is 2. The van der Waals surface area contributed by atoms with Gasteiger partial charge in [-0.05, 0) is 105 Å². The number of thioether (sulfide) groups is 1. The first-order valence-electron chi connectivity index (χ1n) is 44.8. The summed E-state index contributed by atoms with van der Waals surface area (Å²) in [5.74, 6) is -17.8. The topological polar surface area (TPSA) is 632 Å². The Hall–Kier alpha value is -12.3. The number of benzene rings is 3. The Kier molecular flexibility index (Phi) is 41.4. The first-order chi connectivity index (χ1) is 62.9. The molecule has 730 valence electrons. The van der Waals surface area contributed by atoms with Crippen LogP contribution in [-0.4, -0.2) is 318 Å². The summed E-state index contributed by atoms with van der Waals surface area (Å²) in [6, 6.07) is -2.26. The molecule has 43 heteroatoms. The number of fused-ring (bicyclic) bond motifs is 3. The van der Waals surface area contributed by atoms with Crippen LogP contribution >= 0.6 is 11.8 Å². The molecule has 2 aliphatic rings. The van der Waals surface area contributed by atoms with Gasteiger partial charge in [-0.2, -0.15) is 0 Å². The van der Waals surface area contributed by atoms with Gasteiger partial charge < -0.3 is 131 Å². The van der Waals surface area contributed by atoms with Crippen LogP contribution in [0.15, 0.2) is 85.2 Å². The summed E-state index contributed by atoms with van der Waals surface area (Å²) < 4.78 is 1.54. The Morgan fingerprint density at radius 2 is 1.04 bits per heavy atom. The Labute approximate surface area is 776 Å². The highest BCUT2D eigenvalue weighted by Crippen LogP contribution is 2.28. The lowest BCUT2D eigenvalue weighted by Gasteiger charge is -2.36. The summed E-state index contributed by atoms with van der Waals surface area (Å²) in [6.07, 6.45) is -0.984. The van der Waals surface area contributed by atoms with E-state index >= 15 is 33.6 Å². The highest BCUT2D eigenvalue weighted by molar-refractivity contribution is 8.00. The number of unbranched alkanes of at least 4 members (excludes halogenated alkanes) is 2. The van der Waals surface area contributed by atoms with E-state index in [9.17, 15) is 68.4 Å². The number of para-hydroxylation sites is 2. The van der Waals surface area contributed by atoms with Crippen LogP contribution < -0.4 is 76.1 Å². The van der Waals surface area contributed by atoms with Gasteiger partial charge in [-0.25, -0.2) is 0 Å². The SMILES string of the molecule is CCCC[C@H]1C(=O)N(C)[C@@H](CCCC)C(=O)N[C@@H](CC(C)C)C(=O)N[C@H](C(=O)NCC(N)=O)CSCC(=O)N[C@@H](Cc2ccc(O)cc2)C(=O)N(C)[C@@H](C)C(=O)N[C@@H](CC(N)=O)C(=O)N(C)[C@@H](C)C(=O)N[C@@H](CN)C(=O)N[C@@H](CC(C)C)C(=O)N2C[C@H](O)C[C@H]2C(=O)N[C@@H](Cc2c[nH]c3ccccc23)C(=O)N[C@@H](CCN)C(=O)N[C@@H](Cc2cn(CC(O)O)c3ccccc23)C(=O)N1C. The van der Waals surface area contributed by atoms with Crippen molar-refractivity contribution in [3.63, 3.8) is 0 Å². The Morgan fingerprint density at radius 3 is 1.64 bits per heavy atom. The summed E-state index contributed by atoms with van der Waals surface area (Å²) in [6.45, 7) is 10.8. The molecule has 17 amide bonds. The third-order valence-electron chi connectivity index (χ3n) is 23.6. The lowest BCUT2D eigenvalue weighted by molar-refractivity contribution is -0.149. The number of rotatable bonds is 26. The van der Waals surface area contributed by atoms with Crippen molar-refractivity contribution in [2.24, 2.45) is 34.8 Å². The number of nitrogens with zero attached hydrogens (tertiary/aromatic N) is 6. The van der Waals surface area contributed by atoms with Crippen LogP contribution in [0, 0.1) is 11.8 Å². The number of hydrogen-bond donors (Lipinski definition) is 19. The van der Waals surface area contributed by atoms with Gasteiger partial charge in [0.25, 0.3) is 0 Å². The fourth-order valence-corrected chi connectivity index (χ4v) is 16.8. The molecular weight excluding hydrogens is 1740 g/mol. The van der Waals surface area contributed by atoms with E-state index in [0.717, 1.165) is 38.4 Å². The molecule has 3 aromatic carbocycles. The second-order valence-corrected chi connectivity index (χ2v) is 35.9. The van der Waals surface area contributed by atoms with Crippen LogP contribution in [0.2, 0.25) is 0 Å². The summed E-state index contributed by atoms with van der Waals surface area (Å²) in [5, 5.41) is 69.7. The van der Waals surface area contributed by atoms with Crippen molar-refractivity contribution in [1.82, 2.24) is 87.2 Å². The molecule has 0 bridgehead atoms. The molecule has 23 N–H and O–H groups in total. The highest BCUT2D eigenvalue weighted by atomic mass is 32.2. The van der Waals surface area contributed by atoms with Crippen LogP contribution in [-0.2, 0) is 107 Å². The molecule has 42 nitrogen and oxygen atoms in total. The van der Waals surface area contributed by atoms with Crippen molar-refractivity contribution in [2.45, 2.75) is 249 Å². The lowest BCUT2D eigenvalue weighted by atomic mass is 9.99. The predicted octanol–water partition coefficient (Wildman–Crippen LogP) is -3.16. The molecule has 2 aliphatic heterocycles. The number of amides is 17. The van der Waals surface area contributed by atoms with E-state index in [4.69, 9.17) is 22.9 Å². The van der Waals surface area contributed by atoms with Gasteiger partial charge in [0, 0.05) is 107 Å². The standard InChI is InChI=1S/C90H133N21O21S/c1-13-15-24-70-84(126)99-61(33-48(3)4)81(123)105-68(79(121)96-42-74(94)115)46-133-47-75(116)97-64(35-52-27-29-55(112)30-28-52)86(128)106(9)50(7)77(119)101-66(39-73(93)114)87(129)107(10)51(8)78(120)104-67(40-92)83(125)102-63(34-49(5)6)89(131)111-44-56(113)38-72(111)85(127)100-62(36-53-41-95-59-23-19-17-21-57(53)59)82(124)98-60(31-32-91)80(122)103-65(88(130)109(12)71(25-16-14-2)90(132)108(70)11)37-54-43-110(45-76(117)118)69-26-20-18-22-58(54)69/h17-23,26-30,41,43,48-51,56,60-68,70-72,76,95,112-113,117-118H,13-16,24-25,31-40,42,44-47,91-92H2,1-12H3,(H2,93,114)(H2,94,115)(H,96,121)(H,97,116)(H,98,124)(H,99,126)(H,100,127)(H,101,119)(H,102,125)(H,103,122)(H,104,120)(H,105,123)/t50-,51-,56+,60-,61-,62-,63-,64-,65-,66-,67-,68-,70-,71-,72-/m0/s1. The number of aliphatic hydroxyl groups is 3. The number of H-pyrrole nitrogens is 1. The molecule has 7 rings (SSSR count). The van der Waals surface area contributed by atoms with Crippen molar-refractivity contribution in [2.75, 3.05) is 65.9 Å². The number of primary amides is 2. The van der Waals surface area contributed by atoms with Gasteiger partial charge in [-0.15, -0.1) is 11.8 Å². The van der Waals surface area contributed by atoms with Gasteiger partial charge >= 0.3 is 0 Å². The summed E-state index contributed by atoms with van der Waals surface area (Å²) in [4.78, 5) is 257. The van der Waals surface area contributed by atoms with Gasteiger partial charge in [-0.3, -0.25) is 81.5 Å². The van der Waals surface area contributed by atoms with E-state index < -0.39 is 235 Å². The number of nitrogens with two attached hydrogens (primary N) is 4. The van der Waals surface area contributed by atoms with Gasteiger partial charge in [0.15, 0.2) is 6.29 Å². The van der Waals surface area contributed by atoms with Gasteiger partial charge in [0.05, 0.1) is 31.4 Å². The first-order valence-corrected chi connectivity index (χ1v) is 45.9. The fourth-order valence-electron chi connectivity index (χ4n) is 16.0. The molecule has 0 radical (unpaired) electrons. The largest absolute Gasteiger partial charge is 0.508 e. The van der Waals surface area contributed by atoms with Crippen molar-refractivity contribution in [3.05, 3.63) is 102 Å². The summed E-state index contributed by atoms with van der Waals surface area (Å²) in [7, 11) is 5.05. The third kappa shape index (κ3) is 30.6. The molecule has 0 spiro atoms. The number of nitrogens with one attached hydrogen (secondary N) is 11. The van der Waals surface area contributed by atoms with Crippen LogP contribution in [0.5, 0.6) is 5.75 Å². The second-order valence-electron chi connectivity index (χ2n) is 34.9. The molecule has 5 aromatic rings. The number of hydrogen-bond acceptors (Lipinski definition) is 24. The van der Waals surface area contributed by atoms with Crippen LogP contribution in [0.1, 0.15) is 143 Å². The fraction of sp³-hybridized carbons (Fsp3) is 0.567. The zero-order chi connectivity index (χ0) is 98.5. The Balaban J connectivity index is 1.33. The van der Waals surface area contributed by atoms with E-state index in [-0.39, 0.29) is 88.5 Å². The number of aromatic hydroxyl groups is 1. The molecular formula is C90H133N21O21S. The van der Waals surface area contributed by atoms with E-state index in [1.165, 1.54) is 68.7 Å². The smallest absolute Gasteiger partial charge is 0.246 e. The number of likely N-dealkylation sites (N-methyl/N-ethyl adjacent to an activating group) is 4. The number of carbonyl (C=O) groups excluding carboxylic acids is 17. The van der Waals surface area contributed by atoms with Crippen LogP contribution in [0.3, 0.4) is 0 Å². The molecule has 2 aromatic heterocycles. The Bertz CT molecular complexity index is 4930. The lowest BCUT2D eigenvalue weighted by Crippen LogP contribution is -2.62. The van der Waals surface area contributed by atoms with E-state index in [2.05, 4.69) is 58.2 Å². The van der Waals surface area contributed by atoms with Crippen LogP contribution in [0.25, 0.3) is 21.8 Å². The molecule has 0 aliphatic carbocycles. The minimum Gasteiger partial charge on any atom is -0.508 e. The average Bonchev–Trinajstić information content (AvgIpc) is 1.66. The average molecular weight is 1880 g/mol. The molecule has 2 fully saturated rings. The molecule has 15 atom stereocenters. The zero-order valence-electron chi connectivity index (χ0n) is 77.5. The molecule has 4 heterocycles. The molecule has 0 unspecified atom stereocenters.